The summed E-state index contributed by atoms with van der Waals surface area (Å²) in [6, 6.07) is 59.2. The molecule has 2 heteroatoms. The first kappa shape index (κ1) is 30.8. The molecular weight excluding hydrogens is 659 g/mol. The Labute approximate surface area is 316 Å². The van der Waals surface area contributed by atoms with Crippen molar-refractivity contribution in [2.24, 2.45) is 0 Å². The van der Waals surface area contributed by atoms with Crippen LogP contribution >= 0.6 is 11.8 Å². The van der Waals surface area contributed by atoms with Crippen LogP contribution in [0.25, 0.3) is 33.4 Å². The molecule has 7 aromatic rings. The largest absolute Gasteiger partial charge is 0.314 e. The molecule has 1 spiro atoms. The summed E-state index contributed by atoms with van der Waals surface area (Å²) in [7, 11) is 0. The van der Waals surface area contributed by atoms with E-state index in [1.165, 1.54) is 99.2 Å². The first-order valence-electron chi connectivity index (χ1n) is 18.7. The van der Waals surface area contributed by atoms with Gasteiger partial charge < -0.3 is 4.90 Å². The van der Waals surface area contributed by atoms with E-state index in [1.54, 1.807) is 0 Å². The third-order valence-electron chi connectivity index (χ3n) is 12.1. The Morgan fingerprint density at radius 3 is 1.87 bits per heavy atom. The highest BCUT2D eigenvalue weighted by Gasteiger charge is 2.52. The van der Waals surface area contributed by atoms with E-state index in [2.05, 4.69) is 189 Å². The van der Waals surface area contributed by atoms with Crippen molar-refractivity contribution in [1.29, 1.82) is 0 Å². The quantitative estimate of drug-likeness (QED) is 0.180. The second-order valence-electron chi connectivity index (χ2n) is 14.9. The van der Waals surface area contributed by atoms with E-state index in [0.717, 1.165) is 6.42 Å². The van der Waals surface area contributed by atoms with Gasteiger partial charge in [0.2, 0.25) is 0 Å². The smallest absolute Gasteiger partial charge is 0.0726 e. The maximum absolute atomic E-state index is 2.59. The Bertz CT molecular complexity index is 2680. The molecule has 4 aliphatic rings. The molecule has 0 N–H and O–H groups in total. The molecule has 1 aliphatic heterocycles. The SMILES string of the molecule is Cc1ccccc1-c1ccc(N(C2=CC=C3Sc4ccccc4C3C2)c2cccc3c2-c2ccccc2C32c3ccccc3-c3ccccc32)cc1C. The molecule has 1 heterocycles. The Morgan fingerprint density at radius 1 is 0.528 bits per heavy atom. The molecule has 11 rings (SSSR count). The lowest BCUT2D eigenvalue weighted by molar-refractivity contribution is 0.780. The third kappa shape index (κ3) is 4.27. The topological polar surface area (TPSA) is 3.24 Å². The molecule has 1 nitrogen and oxygen atoms in total. The minimum atomic E-state index is -0.388. The number of rotatable bonds is 4. The van der Waals surface area contributed by atoms with Crippen molar-refractivity contribution in [3.05, 3.63) is 219 Å². The Morgan fingerprint density at radius 2 is 1.13 bits per heavy atom. The van der Waals surface area contributed by atoms with Crippen LogP contribution in [0.4, 0.5) is 11.4 Å². The summed E-state index contributed by atoms with van der Waals surface area (Å²) in [4.78, 5) is 5.43. The molecule has 252 valence electrons. The number of hydrogen-bond donors (Lipinski definition) is 0. The summed E-state index contributed by atoms with van der Waals surface area (Å²) in [6.07, 6.45) is 5.72. The normalized spacial score (nSPS) is 16.5. The van der Waals surface area contributed by atoms with Gasteiger partial charge in [0.15, 0.2) is 0 Å². The van der Waals surface area contributed by atoms with E-state index in [9.17, 15) is 0 Å². The van der Waals surface area contributed by atoms with Crippen molar-refractivity contribution < 1.29 is 0 Å². The molecule has 0 saturated heterocycles. The highest BCUT2D eigenvalue weighted by atomic mass is 32.2. The number of fused-ring (bicyclic) bond motifs is 13. The fraction of sp³-hybridized carbons (Fsp3) is 0.0980. The van der Waals surface area contributed by atoms with E-state index in [1.807, 2.05) is 11.8 Å². The predicted molar refractivity (Wildman–Crippen MR) is 222 cm³/mol. The summed E-state index contributed by atoms with van der Waals surface area (Å²) >= 11 is 1.94. The zero-order valence-electron chi connectivity index (χ0n) is 29.8. The number of nitrogens with zero attached hydrogens (tertiary/aromatic N) is 1. The van der Waals surface area contributed by atoms with Gasteiger partial charge in [0.1, 0.15) is 0 Å². The average molecular weight is 696 g/mol. The number of allylic oxidation sites excluding steroid dienone is 4. The second-order valence-corrected chi connectivity index (χ2v) is 16.0. The predicted octanol–water partition coefficient (Wildman–Crippen LogP) is 13.5. The number of aryl methyl sites for hydroxylation is 2. The van der Waals surface area contributed by atoms with Crippen LogP contribution in [0.2, 0.25) is 0 Å². The van der Waals surface area contributed by atoms with Crippen LogP contribution in [0.5, 0.6) is 0 Å². The number of benzene rings is 7. The fourth-order valence-corrected chi connectivity index (χ4v) is 11.1. The molecule has 0 aromatic heterocycles. The van der Waals surface area contributed by atoms with Crippen molar-refractivity contribution >= 4 is 23.1 Å². The van der Waals surface area contributed by atoms with E-state index >= 15 is 0 Å². The second kappa shape index (κ2) is 11.6. The highest BCUT2D eigenvalue weighted by molar-refractivity contribution is 8.03. The van der Waals surface area contributed by atoms with E-state index in [-0.39, 0.29) is 5.41 Å². The first-order valence-corrected chi connectivity index (χ1v) is 19.5. The number of hydrogen-bond acceptors (Lipinski definition) is 2. The molecule has 0 saturated carbocycles. The van der Waals surface area contributed by atoms with Gasteiger partial charge in [-0.15, -0.1) is 0 Å². The highest BCUT2D eigenvalue weighted by Crippen LogP contribution is 2.65. The maximum Gasteiger partial charge on any atom is 0.0726 e. The molecule has 0 amide bonds. The molecular formula is C51H37NS. The third-order valence-corrected chi connectivity index (χ3v) is 13.4. The summed E-state index contributed by atoms with van der Waals surface area (Å²) < 4.78 is 0. The van der Waals surface area contributed by atoms with Gasteiger partial charge in [0.05, 0.1) is 11.1 Å². The summed E-state index contributed by atoms with van der Waals surface area (Å²) in [5.41, 5.74) is 20.7. The van der Waals surface area contributed by atoms with E-state index in [0.29, 0.717) is 5.92 Å². The average Bonchev–Trinajstić information content (AvgIpc) is 3.83. The molecule has 1 unspecified atom stereocenters. The van der Waals surface area contributed by atoms with Crippen LogP contribution in [0.1, 0.15) is 51.3 Å². The van der Waals surface area contributed by atoms with Crippen molar-refractivity contribution in [2.45, 2.75) is 36.5 Å². The van der Waals surface area contributed by atoms with Gasteiger partial charge in [-0.2, -0.15) is 0 Å². The van der Waals surface area contributed by atoms with Gasteiger partial charge in [0.25, 0.3) is 0 Å². The van der Waals surface area contributed by atoms with E-state index in [4.69, 9.17) is 0 Å². The number of anilines is 2. The van der Waals surface area contributed by atoms with Crippen LogP contribution in [-0.2, 0) is 5.41 Å². The molecule has 3 aliphatic carbocycles. The Hall–Kier alpha value is -5.83. The van der Waals surface area contributed by atoms with Crippen LogP contribution in [-0.4, -0.2) is 0 Å². The lowest BCUT2D eigenvalue weighted by Crippen LogP contribution is -2.26. The minimum Gasteiger partial charge on any atom is -0.314 e. The van der Waals surface area contributed by atoms with Gasteiger partial charge in [-0.25, -0.2) is 0 Å². The van der Waals surface area contributed by atoms with Gasteiger partial charge in [-0.05, 0) is 128 Å². The van der Waals surface area contributed by atoms with Gasteiger partial charge >= 0.3 is 0 Å². The lowest BCUT2D eigenvalue weighted by atomic mass is 9.70. The number of thioether (sulfide) groups is 1. The molecule has 0 bridgehead atoms. The minimum absolute atomic E-state index is 0.356. The van der Waals surface area contributed by atoms with Crippen LogP contribution in [0.15, 0.2) is 185 Å². The monoisotopic (exact) mass is 695 g/mol. The molecule has 53 heavy (non-hydrogen) atoms. The summed E-state index contributed by atoms with van der Waals surface area (Å²) in [5.74, 6) is 0.356. The van der Waals surface area contributed by atoms with Crippen molar-refractivity contribution in [1.82, 2.24) is 0 Å². The van der Waals surface area contributed by atoms with Crippen LogP contribution in [0.3, 0.4) is 0 Å². The molecule has 0 fully saturated rings. The maximum atomic E-state index is 2.59. The van der Waals surface area contributed by atoms with Crippen molar-refractivity contribution in [3.8, 4) is 33.4 Å². The van der Waals surface area contributed by atoms with Gasteiger partial charge in [-0.3, -0.25) is 0 Å². The van der Waals surface area contributed by atoms with Crippen LogP contribution in [0, 0.1) is 13.8 Å². The zero-order valence-corrected chi connectivity index (χ0v) is 30.6. The Kier molecular flexibility index (Phi) is 6.73. The summed E-state index contributed by atoms with van der Waals surface area (Å²) in [5, 5.41) is 0. The van der Waals surface area contributed by atoms with Crippen LogP contribution < -0.4 is 4.90 Å². The standard InChI is InChI=1S/C51H37NS/c1-32-14-3-4-15-36(32)37-28-26-34(30-33(37)2)52(35-27-29-49-42(31-35)40-18-8-12-25-48(40)53-49)47-24-13-23-46-50(47)41-19-7-11-22-45(41)51(46)43-20-9-5-16-38(43)39-17-6-10-21-44(39)51/h3-30,42H,31H2,1-2H3. The molecule has 0 radical (unpaired) electrons. The fourth-order valence-electron chi connectivity index (χ4n) is 9.93. The zero-order chi connectivity index (χ0) is 35.3. The van der Waals surface area contributed by atoms with Gasteiger partial charge in [0, 0.05) is 27.8 Å². The lowest BCUT2D eigenvalue weighted by Gasteiger charge is -2.34. The summed E-state index contributed by atoms with van der Waals surface area (Å²) in [6.45, 7) is 4.48. The van der Waals surface area contributed by atoms with Gasteiger partial charge in [-0.1, -0.05) is 145 Å². The first-order chi connectivity index (χ1) is 26.1. The molecule has 7 aromatic carbocycles. The Balaban J connectivity index is 1.16. The van der Waals surface area contributed by atoms with Crippen molar-refractivity contribution in [3.63, 3.8) is 0 Å². The molecule has 1 atom stereocenters. The van der Waals surface area contributed by atoms with Crippen molar-refractivity contribution in [2.75, 3.05) is 4.90 Å². The van der Waals surface area contributed by atoms with E-state index < -0.39 is 0 Å².